The summed E-state index contributed by atoms with van der Waals surface area (Å²) in [6, 6.07) is 0. The predicted octanol–water partition coefficient (Wildman–Crippen LogP) is 2.95. The molecular weight excluding hydrogens is 265 g/mol. The molecule has 0 aliphatic carbocycles. The van der Waals surface area contributed by atoms with E-state index in [0.717, 1.165) is 0 Å². The second-order valence-electron chi connectivity index (χ2n) is 2.85. The molecule has 0 aromatic heterocycles. The maximum Gasteiger partial charge on any atom is 0.393 e. The number of rotatable bonds is 3. The summed E-state index contributed by atoms with van der Waals surface area (Å²) in [6.07, 6.45) is -13.8. The molecule has 0 rings (SSSR count). The van der Waals surface area contributed by atoms with Crippen LogP contribution in [-0.4, -0.2) is 22.1 Å². The summed E-state index contributed by atoms with van der Waals surface area (Å²) in [5.74, 6) is 0. The zero-order valence-corrected chi connectivity index (χ0v) is 8.40. The second-order valence-corrected chi connectivity index (χ2v) is 4.51. The summed E-state index contributed by atoms with van der Waals surface area (Å²) in [7, 11) is -5.32. The average molecular weight is 272 g/mol. The van der Waals surface area contributed by atoms with Crippen LogP contribution in [-0.2, 0) is 4.57 Å². The zero-order chi connectivity index (χ0) is 13.2. The third-order valence-electron chi connectivity index (χ3n) is 1.32. The Morgan fingerprint density at radius 1 is 1.06 bits per heavy atom. The van der Waals surface area contributed by atoms with Crippen molar-refractivity contribution >= 4 is 7.60 Å². The molecule has 0 aromatic carbocycles. The van der Waals surface area contributed by atoms with Crippen molar-refractivity contribution in [3.05, 3.63) is 11.4 Å². The van der Waals surface area contributed by atoms with Gasteiger partial charge < -0.3 is 9.79 Å². The van der Waals surface area contributed by atoms with Crippen molar-refractivity contribution in [2.45, 2.75) is 25.2 Å². The van der Waals surface area contributed by atoms with E-state index in [0.29, 0.717) is 0 Å². The SMILES string of the molecule is O=P(O)(O)/C(=C\CC(F)(F)F)CC(F)(F)F. The zero-order valence-electron chi connectivity index (χ0n) is 7.51. The van der Waals surface area contributed by atoms with Gasteiger partial charge in [0.05, 0.1) is 12.8 Å². The molecular formula is C6H7F6O3P. The molecule has 0 fully saturated rings. The molecule has 2 N–H and O–H groups in total. The van der Waals surface area contributed by atoms with Crippen LogP contribution >= 0.6 is 7.60 Å². The van der Waals surface area contributed by atoms with Gasteiger partial charge in [0, 0.05) is 5.31 Å². The van der Waals surface area contributed by atoms with Crippen molar-refractivity contribution in [2.24, 2.45) is 0 Å². The van der Waals surface area contributed by atoms with Gasteiger partial charge in [-0.1, -0.05) is 6.08 Å². The summed E-state index contributed by atoms with van der Waals surface area (Å²) >= 11 is 0. The number of hydrogen-bond donors (Lipinski definition) is 2. The van der Waals surface area contributed by atoms with Crippen molar-refractivity contribution < 1.29 is 40.7 Å². The summed E-state index contributed by atoms with van der Waals surface area (Å²) in [6.45, 7) is 0. The minimum Gasteiger partial charge on any atom is -0.321 e. The molecule has 0 bridgehead atoms. The Balaban J connectivity index is 4.91. The molecule has 10 heteroatoms. The van der Waals surface area contributed by atoms with Crippen LogP contribution < -0.4 is 0 Å². The normalized spacial score (nSPS) is 15.4. The molecule has 0 spiro atoms. The minimum atomic E-state index is -5.32. The average Bonchev–Trinajstić information content (AvgIpc) is 1.91. The van der Waals surface area contributed by atoms with E-state index in [4.69, 9.17) is 9.79 Å². The first-order chi connectivity index (χ1) is 6.81. The highest BCUT2D eigenvalue weighted by atomic mass is 31.2. The maximum atomic E-state index is 11.8. The van der Waals surface area contributed by atoms with E-state index in [1.165, 1.54) is 0 Å². The van der Waals surface area contributed by atoms with Gasteiger partial charge in [0.15, 0.2) is 0 Å². The molecule has 0 atom stereocenters. The molecule has 3 nitrogen and oxygen atoms in total. The van der Waals surface area contributed by atoms with Gasteiger partial charge in [0.25, 0.3) is 0 Å². The largest absolute Gasteiger partial charge is 0.393 e. The molecule has 0 unspecified atom stereocenters. The Kier molecular flexibility index (Phi) is 4.61. The molecule has 0 amide bonds. The van der Waals surface area contributed by atoms with Gasteiger partial charge in [-0.3, -0.25) is 4.57 Å². The quantitative estimate of drug-likeness (QED) is 0.613. The van der Waals surface area contributed by atoms with Crippen LogP contribution in [0.3, 0.4) is 0 Å². The van der Waals surface area contributed by atoms with E-state index in [2.05, 4.69) is 0 Å². The first-order valence-corrected chi connectivity index (χ1v) is 5.31. The smallest absolute Gasteiger partial charge is 0.321 e. The molecule has 0 saturated carbocycles. The number of halogens is 6. The lowest BCUT2D eigenvalue weighted by Crippen LogP contribution is -2.10. The van der Waals surface area contributed by atoms with E-state index < -0.39 is 38.1 Å². The highest BCUT2D eigenvalue weighted by Gasteiger charge is 2.36. The van der Waals surface area contributed by atoms with Crippen molar-refractivity contribution in [3.63, 3.8) is 0 Å². The predicted molar refractivity (Wildman–Crippen MR) is 41.5 cm³/mol. The van der Waals surface area contributed by atoms with Gasteiger partial charge in [0.1, 0.15) is 0 Å². The molecule has 0 heterocycles. The topological polar surface area (TPSA) is 57.5 Å². The van der Waals surface area contributed by atoms with E-state index >= 15 is 0 Å². The fourth-order valence-corrected chi connectivity index (χ4v) is 1.45. The monoisotopic (exact) mass is 272 g/mol. The molecule has 0 aliphatic heterocycles. The number of hydrogen-bond acceptors (Lipinski definition) is 1. The summed E-state index contributed by atoms with van der Waals surface area (Å²) in [5, 5.41) is -1.57. The highest BCUT2D eigenvalue weighted by Crippen LogP contribution is 2.50. The lowest BCUT2D eigenvalue weighted by atomic mass is 10.3. The fourth-order valence-electron chi connectivity index (χ4n) is 0.733. The number of alkyl halides is 6. The van der Waals surface area contributed by atoms with Gasteiger partial charge in [0.2, 0.25) is 0 Å². The van der Waals surface area contributed by atoms with Crippen LogP contribution in [0.15, 0.2) is 11.4 Å². The molecule has 0 aromatic rings. The second kappa shape index (κ2) is 4.77. The Morgan fingerprint density at radius 3 is 1.75 bits per heavy atom. The summed E-state index contributed by atoms with van der Waals surface area (Å²) < 4.78 is 80.8. The van der Waals surface area contributed by atoms with Crippen LogP contribution in [0.4, 0.5) is 26.3 Å². The first-order valence-electron chi connectivity index (χ1n) is 3.70. The van der Waals surface area contributed by atoms with Crippen LogP contribution in [0.5, 0.6) is 0 Å². The van der Waals surface area contributed by atoms with Crippen molar-refractivity contribution in [1.82, 2.24) is 0 Å². The van der Waals surface area contributed by atoms with Crippen molar-refractivity contribution in [3.8, 4) is 0 Å². The van der Waals surface area contributed by atoms with E-state index in [1.807, 2.05) is 0 Å². The maximum absolute atomic E-state index is 11.8. The summed E-state index contributed by atoms with van der Waals surface area (Å²) in [4.78, 5) is 16.8. The Bertz CT molecular complexity index is 311. The standard InChI is InChI=1S/C6H7F6O3P/c7-5(8,9)2-1-4(16(13,14)15)3-6(10,11)12/h1H,2-3H2,(H2,13,14,15)/b4-1-. The van der Waals surface area contributed by atoms with E-state index in [1.54, 1.807) is 0 Å². The fraction of sp³-hybridized carbons (Fsp3) is 0.667. The van der Waals surface area contributed by atoms with E-state index in [9.17, 15) is 30.9 Å². The van der Waals surface area contributed by atoms with Gasteiger partial charge in [-0.2, -0.15) is 26.3 Å². The molecule has 96 valence electrons. The third kappa shape index (κ3) is 7.72. The van der Waals surface area contributed by atoms with Gasteiger partial charge in [-0.25, -0.2) is 0 Å². The van der Waals surface area contributed by atoms with Crippen LogP contribution in [0.1, 0.15) is 12.8 Å². The van der Waals surface area contributed by atoms with Crippen molar-refractivity contribution in [1.29, 1.82) is 0 Å². The van der Waals surface area contributed by atoms with Crippen LogP contribution in [0, 0.1) is 0 Å². The molecule has 0 aliphatic rings. The third-order valence-corrected chi connectivity index (χ3v) is 2.41. The van der Waals surface area contributed by atoms with Crippen molar-refractivity contribution in [2.75, 3.05) is 0 Å². The Morgan fingerprint density at radius 2 is 1.50 bits per heavy atom. The number of allylic oxidation sites excluding steroid dienone is 2. The Hall–Kier alpha value is -0.530. The molecule has 0 radical (unpaired) electrons. The molecule has 16 heavy (non-hydrogen) atoms. The summed E-state index contributed by atoms with van der Waals surface area (Å²) in [5.41, 5.74) is 0. The minimum absolute atomic E-state index is 0.131. The molecule has 0 saturated heterocycles. The lowest BCUT2D eigenvalue weighted by Gasteiger charge is -2.12. The first kappa shape index (κ1) is 15.5. The Labute approximate surface area is 85.9 Å². The van der Waals surface area contributed by atoms with Crippen LogP contribution in [0.25, 0.3) is 0 Å². The van der Waals surface area contributed by atoms with E-state index in [-0.39, 0.29) is 6.08 Å². The lowest BCUT2D eigenvalue weighted by molar-refractivity contribution is -0.130. The highest BCUT2D eigenvalue weighted by molar-refractivity contribution is 7.56. The van der Waals surface area contributed by atoms with Gasteiger partial charge in [-0.15, -0.1) is 0 Å². The van der Waals surface area contributed by atoms with Crippen LogP contribution in [0.2, 0.25) is 0 Å². The van der Waals surface area contributed by atoms with Gasteiger partial charge in [-0.05, 0) is 0 Å². The van der Waals surface area contributed by atoms with Gasteiger partial charge >= 0.3 is 19.9 Å².